The topological polar surface area (TPSA) is 102 Å². The molecule has 0 aliphatic carbocycles. The molecule has 2 aromatic carbocycles. The highest BCUT2D eigenvalue weighted by molar-refractivity contribution is 9.10. The number of carbonyl (C=O) groups is 1. The van der Waals surface area contributed by atoms with Gasteiger partial charge in [-0.2, -0.15) is 0 Å². The van der Waals surface area contributed by atoms with E-state index in [0.29, 0.717) is 18.8 Å². The van der Waals surface area contributed by atoms with Gasteiger partial charge in [-0.3, -0.25) is 9.69 Å². The van der Waals surface area contributed by atoms with Crippen molar-refractivity contribution >= 4 is 37.5 Å². The first-order chi connectivity index (χ1) is 12.2. The molecule has 140 valence electrons. The van der Waals surface area contributed by atoms with E-state index in [9.17, 15) is 13.2 Å². The van der Waals surface area contributed by atoms with Gasteiger partial charge in [-0.25, -0.2) is 13.6 Å². The van der Waals surface area contributed by atoms with E-state index in [1.165, 1.54) is 18.2 Å². The van der Waals surface area contributed by atoms with Crippen molar-refractivity contribution in [2.75, 3.05) is 32.1 Å². The van der Waals surface area contributed by atoms with Crippen LogP contribution in [0.1, 0.15) is 0 Å². The monoisotopic (exact) mass is 441 g/mol. The maximum atomic E-state index is 12.1. The van der Waals surface area contributed by atoms with Crippen molar-refractivity contribution in [2.24, 2.45) is 5.14 Å². The second-order valence-corrected chi connectivity index (χ2v) is 8.14. The van der Waals surface area contributed by atoms with Crippen LogP contribution in [0.5, 0.6) is 5.75 Å². The highest BCUT2D eigenvalue weighted by Gasteiger charge is 2.11. The maximum Gasteiger partial charge on any atom is 0.238 e. The molecule has 0 spiro atoms. The van der Waals surface area contributed by atoms with Crippen LogP contribution in [0, 0.1) is 0 Å². The normalized spacial score (nSPS) is 11.4. The lowest BCUT2D eigenvalue weighted by Crippen LogP contribution is -2.33. The molecule has 2 rings (SSSR count). The van der Waals surface area contributed by atoms with E-state index in [2.05, 4.69) is 21.2 Å². The summed E-state index contributed by atoms with van der Waals surface area (Å²) in [7, 11) is -2.01. The first-order valence-electron chi connectivity index (χ1n) is 7.74. The van der Waals surface area contributed by atoms with Crippen molar-refractivity contribution in [1.29, 1.82) is 0 Å². The number of nitrogens with two attached hydrogens (primary N) is 1. The molecule has 0 saturated carbocycles. The Kier molecular flexibility index (Phi) is 7.15. The molecular weight excluding hydrogens is 422 g/mol. The number of halogens is 1. The van der Waals surface area contributed by atoms with Gasteiger partial charge in [0.1, 0.15) is 12.4 Å². The van der Waals surface area contributed by atoms with Gasteiger partial charge in [0.25, 0.3) is 0 Å². The second-order valence-electron chi connectivity index (χ2n) is 5.66. The predicted octanol–water partition coefficient (Wildman–Crippen LogP) is 2.05. The van der Waals surface area contributed by atoms with Gasteiger partial charge >= 0.3 is 0 Å². The van der Waals surface area contributed by atoms with E-state index in [-0.39, 0.29) is 17.3 Å². The summed E-state index contributed by atoms with van der Waals surface area (Å²) in [5.74, 6) is 0.494. The number of benzene rings is 2. The minimum absolute atomic E-state index is 0.0495. The molecule has 7 nitrogen and oxygen atoms in total. The number of rotatable bonds is 8. The van der Waals surface area contributed by atoms with Crippen LogP contribution in [0.15, 0.2) is 57.9 Å². The Morgan fingerprint density at radius 2 is 1.92 bits per heavy atom. The number of nitrogens with one attached hydrogen (secondary N) is 1. The van der Waals surface area contributed by atoms with Crippen molar-refractivity contribution in [3.8, 4) is 5.75 Å². The average molecular weight is 442 g/mol. The van der Waals surface area contributed by atoms with Gasteiger partial charge < -0.3 is 10.1 Å². The molecule has 0 unspecified atom stereocenters. The molecule has 0 bridgehead atoms. The zero-order valence-corrected chi connectivity index (χ0v) is 16.6. The highest BCUT2D eigenvalue weighted by Crippen LogP contribution is 2.16. The standard InChI is InChI=1S/C17H20BrN3O4S/c1-21(9-10-25-15-7-5-13(18)6-8-15)12-17(22)20-14-3-2-4-16(11-14)26(19,23)24/h2-8,11H,9-10,12H2,1H3,(H,20,22)(H2,19,23,24). The molecule has 0 atom stereocenters. The molecule has 1 amide bonds. The zero-order chi connectivity index (χ0) is 19.2. The Balaban J connectivity index is 1.79. The number of hydrogen-bond acceptors (Lipinski definition) is 5. The molecule has 0 aliphatic heterocycles. The summed E-state index contributed by atoms with van der Waals surface area (Å²) in [4.78, 5) is 13.8. The minimum atomic E-state index is -3.81. The quantitative estimate of drug-likeness (QED) is 0.652. The SMILES string of the molecule is CN(CCOc1ccc(Br)cc1)CC(=O)Nc1cccc(S(N)(=O)=O)c1. The number of nitrogens with zero attached hydrogens (tertiary/aromatic N) is 1. The third-order valence-corrected chi connectivity index (χ3v) is 4.85. The van der Waals surface area contributed by atoms with E-state index in [4.69, 9.17) is 9.88 Å². The van der Waals surface area contributed by atoms with Crippen LogP contribution in [0.25, 0.3) is 0 Å². The fourth-order valence-electron chi connectivity index (χ4n) is 2.13. The molecule has 9 heteroatoms. The predicted molar refractivity (Wildman–Crippen MR) is 104 cm³/mol. The van der Waals surface area contributed by atoms with Gasteiger partial charge in [0.05, 0.1) is 11.4 Å². The summed E-state index contributed by atoms with van der Waals surface area (Å²) in [6.45, 7) is 1.14. The van der Waals surface area contributed by atoms with Gasteiger partial charge in [0.15, 0.2) is 0 Å². The van der Waals surface area contributed by atoms with Crippen LogP contribution in [-0.4, -0.2) is 46.0 Å². The van der Waals surface area contributed by atoms with Gasteiger partial charge in [-0.05, 0) is 49.5 Å². The van der Waals surface area contributed by atoms with E-state index < -0.39 is 10.0 Å². The maximum absolute atomic E-state index is 12.1. The lowest BCUT2D eigenvalue weighted by molar-refractivity contribution is -0.117. The number of ether oxygens (including phenoxy) is 1. The molecule has 0 radical (unpaired) electrons. The second kappa shape index (κ2) is 9.13. The highest BCUT2D eigenvalue weighted by atomic mass is 79.9. The van der Waals surface area contributed by atoms with Gasteiger partial charge in [-0.1, -0.05) is 22.0 Å². The summed E-state index contributed by atoms with van der Waals surface area (Å²) < 4.78 is 29.3. The first-order valence-corrected chi connectivity index (χ1v) is 10.1. The smallest absolute Gasteiger partial charge is 0.238 e. The van der Waals surface area contributed by atoms with Gasteiger partial charge in [0.2, 0.25) is 15.9 Å². The van der Waals surface area contributed by atoms with Crippen molar-refractivity contribution in [3.63, 3.8) is 0 Å². The van der Waals surface area contributed by atoms with Gasteiger partial charge in [0, 0.05) is 16.7 Å². The number of primary sulfonamides is 1. The van der Waals surface area contributed by atoms with E-state index >= 15 is 0 Å². The van der Waals surface area contributed by atoms with Crippen LogP contribution < -0.4 is 15.2 Å². The Morgan fingerprint density at radius 3 is 2.58 bits per heavy atom. The summed E-state index contributed by atoms with van der Waals surface area (Å²) >= 11 is 3.36. The minimum Gasteiger partial charge on any atom is -0.492 e. The third-order valence-electron chi connectivity index (χ3n) is 3.42. The van der Waals surface area contributed by atoms with Crippen molar-refractivity contribution < 1.29 is 17.9 Å². The number of anilines is 1. The van der Waals surface area contributed by atoms with Crippen molar-refractivity contribution in [1.82, 2.24) is 4.90 Å². The number of sulfonamides is 1. The van der Waals surface area contributed by atoms with E-state index in [0.717, 1.165) is 10.2 Å². The van der Waals surface area contributed by atoms with Crippen LogP contribution in [-0.2, 0) is 14.8 Å². The summed E-state index contributed by atoms with van der Waals surface area (Å²) in [5, 5.41) is 7.74. The fraction of sp³-hybridized carbons (Fsp3) is 0.235. The van der Waals surface area contributed by atoms with Crippen molar-refractivity contribution in [2.45, 2.75) is 4.90 Å². The number of hydrogen-bond donors (Lipinski definition) is 2. The number of carbonyl (C=O) groups excluding carboxylic acids is 1. The summed E-state index contributed by atoms with van der Waals surface area (Å²) in [6, 6.07) is 13.3. The van der Waals surface area contributed by atoms with E-state index in [1.807, 2.05) is 24.3 Å². The third kappa shape index (κ3) is 6.75. The largest absolute Gasteiger partial charge is 0.492 e. The summed E-state index contributed by atoms with van der Waals surface area (Å²) in [6.07, 6.45) is 0. The Bertz CT molecular complexity index is 857. The molecule has 0 aliphatic rings. The number of amides is 1. The lowest BCUT2D eigenvalue weighted by atomic mass is 10.3. The molecule has 0 saturated heterocycles. The first kappa shape index (κ1) is 20.4. The average Bonchev–Trinajstić information content (AvgIpc) is 2.56. The molecule has 0 heterocycles. The fourth-order valence-corrected chi connectivity index (χ4v) is 2.95. The molecule has 3 N–H and O–H groups in total. The van der Waals surface area contributed by atoms with E-state index in [1.54, 1.807) is 18.0 Å². The van der Waals surface area contributed by atoms with Crippen LogP contribution in [0.2, 0.25) is 0 Å². The Morgan fingerprint density at radius 1 is 1.23 bits per heavy atom. The molecule has 26 heavy (non-hydrogen) atoms. The Labute approximate surface area is 161 Å². The number of likely N-dealkylation sites (N-methyl/N-ethyl adjacent to an activating group) is 1. The van der Waals surface area contributed by atoms with Gasteiger partial charge in [-0.15, -0.1) is 0 Å². The van der Waals surface area contributed by atoms with Crippen LogP contribution in [0.4, 0.5) is 5.69 Å². The lowest BCUT2D eigenvalue weighted by Gasteiger charge is -2.17. The zero-order valence-electron chi connectivity index (χ0n) is 14.2. The molecular formula is C17H20BrN3O4S. The molecule has 2 aromatic rings. The Hall–Kier alpha value is -1.94. The molecule has 0 fully saturated rings. The molecule has 0 aromatic heterocycles. The van der Waals surface area contributed by atoms with Crippen LogP contribution in [0.3, 0.4) is 0 Å². The van der Waals surface area contributed by atoms with Crippen LogP contribution >= 0.6 is 15.9 Å². The summed E-state index contributed by atoms with van der Waals surface area (Å²) in [5.41, 5.74) is 0.376. The van der Waals surface area contributed by atoms with Crippen molar-refractivity contribution in [3.05, 3.63) is 53.0 Å².